The number of nitrogens with zero attached hydrogens (tertiary/aromatic N) is 1. The summed E-state index contributed by atoms with van der Waals surface area (Å²) < 4.78 is 5.21. The molecule has 1 N–H and O–H groups in total. The number of nitrogens with one attached hydrogen (secondary N) is 1. The first-order valence-corrected chi connectivity index (χ1v) is 8.67. The highest BCUT2D eigenvalue weighted by molar-refractivity contribution is 6.31. The molecule has 0 spiro atoms. The van der Waals surface area contributed by atoms with Crippen LogP contribution in [-0.4, -0.2) is 12.1 Å². The normalized spacial score (nSPS) is 10.7. The summed E-state index contributed by atoms with van der Waals surface area (Å²) >= 11 is 6.22. The van der Waals surface area contributed by atoms with Crippen molar-refractivity contribution in [2.45, 2.75) is 0 Å². The number of halogens is 1. The van der Waals surface area contributed by atoms with Crippen molar-refractivity contribution in [1.29, 1.82) is 0 Å². The van der Waals surface area contributed by atoms with Crippen LogP contribution < -0.4 is 10.1 Å². The lowest BCUT2D eigenvalue weighted by molar-refractivity contribution is 0.415. The molecule has 0 aliphatic heterocycles. The van der Waals surface area contributed by atoms with Crippen molar-refractivity contribution >= 4 is 34.0 Å². The number of rotatable bonds is 4. The van der Waals surface area contributed by atoms with Gasteiger partial charge in [0.05, 0.1) is 12.6 Å². The number of benzene rings is 3. The third-order valence-corrected chi connectivity index (χ3v) is 4.45. The zero-order valence-corrected chi connectivity index (χ0v) is 15.0. The Balaban J connectivity index is 1.81. The summed E-state index contributed by atoms with van der Waals surface area (Å²) in [5.41, 5.74) is 4.06. The lowest BCUT2D eigenvalue weighted by Gasteiger charge is -2.12. The Morgan fingerprint density at radius 2 is 1.65 bits per heavy atom. The number of hydrogen-bond donors (Lipinski definition) is 1. The maximum absolute atomic E-state index is 6.22. The Morgan fingerprint density at radius 3 is 2.38 bits per heavy atom. The maximum Gasteiger partial charge on any atom is 0.131 e. The molecule has 1 heterocycles. The van der Waals surface area contributed by atoms with Crippen LogP contribution in [0.25, 0.3) is 22.0 Å². The smallest absolute Gasteiger partial charge is 0.131 e. The van der Waals surface area contributed by atoms with Crippen molar-refractivity contribution in [2.75, 3.05) is 12.4 Å². The third kappa shape index (κ3) is 3.35. The highest BCUT2D eigenvalue weighted by atomic mass is 35.5. The predicted molar refractivity (Wildman–Crippen MR) is 108 cm³/mol. The van der Waals surface area contributed by atoms with Gasteiger partial charge in [-0.15, -0.1) is 0 Å². The SMILES string of the molecule is COc1ccc(Nc2cc(-c3ccccc3)c3cc(Cl)ccc3n2)cc1. The zero-order valence-electron chi connectivity index (χ0n) is 14.2. The Hall–Kier alpha value is -3.04. The van der Waals surface area contributed by atoms with Crippen LogP contribution in [-0.2, 0) is 0 Å². The molecule has 4 aromatic rings. The van der Waals surface area contributed by atoms with Crippen LogP contribution in [0.3, 0.4) is 0 Å². The summed E-state index contributed by atoms with van der Waals surface area (Å²) in [6.45, 7) is 0. The molecule has 0 saturated carbocycles. The van der Waals surface area contributed by atoms with Crippen LogP contribution in [0.2, 0.25) is 5.02 Å². The van der Waals surface area contributed by atoms with Gasteiger partial charge in [0.15, 0.2) is 0 Å². The number of ether oxygens (including phenoxy) is 1. The molecule has 0 saturated heterocycles. The second-order valence-corrected chi connectivity index (χ2v) is 6.37. The second-order valence-electron chi connectivity index (χ2n) is 5.94. The second kappa shape index (κ2) is 7.06. The molecule has 4 heteroatoms. The van der Waals surface area contributed by atoms with Crippen LogP contribution in [0.4, 0.5) is 11.5 Å². The molecule has 26 heavy (non-hydrogen) atoms. The highest BCUT2D eigenvalue weighted by Crippen LogP contribution is 2.32. The van der Waals surface area contributed by atoms with Gasteiger partial charge in [0.1, 0.15) is 11.6 Å². The largest absolute Gasteiger partial charge is 0.497 e. The van der Waals surface area contributed by atoms with E-state index in [1.165, 1.54) is 0 Å². The molecule has 3 aromatic carbocycles. The van der Waals surface area contributed by atoms with E-state index in [4.69, 9.17) is 21.3 Å². The van der Waals surface area contributed by atoms with Gasteiger partial charge in [-0.25, -0.2) is 4.98 Å². The van der Waals surface area contributed by atoms with E-state index < -0.39 is 0 Å². The van der Waals surface area contributed by atoms with Crippen molar-refractivity contribution in [3.8, 4) is 16.9 Å². The average Bonchev–Trinajstić information content (AvgIpc) is 2.69. The van der Waals surface area contributed by atoms with E-state index >= 15 is 0 Å². The molecule has 128 valence electrons. The number of aromatic nitrogens is 1. The van der Waals surface area contributed by atoms with E-state index in [1.807, 2.05) is 60.7 Å². The molecule has 1 aromatic heterocycles. The van der Waals surface area contributed by atoms with E-state index in [-0.39, 0.29) is 0 Å². The van der Waals surface area contributed by atoms with E-state index in [0.29, 0.717) is 5.02 Å². The minimum absolute atomic E-state index is 0.701. The predicted octanol–water partition coefficient (Wildman–Crippen LogP) is 6.31. The van der Waals surface area contributed by atoms with Crippen molar-refractivity contribution in [1.82, 2.24) is 4.98 Å². The van der Waals surface area contributed by atoms with Gasteiger partial charge in [-0.05, 0) is 59.7 Å². The number of pyridine rings is 1. The molecule has 4 rings (SSSR count). The topological polar surface area (TPSA) is 34.1 Å². The first-order chi connectivity index (χ1) is 12.7. The van der Waals surface area contributed by atoms with E-state index in [0.717, 1.165) is 39.3 Å². The summed E-state index contributed by atoms with van der Waals surface area (Å²) in [4.78, 5) is 4.74. The first-order valence-electron chi connectivity index (χ1n) is 8.30. The fourth-order valence-electron chi connectivity index (χ4n) is 2.94. The van der Waals surface area contributed by atoms with Gasteiger partial charge in [-0.3, -0.25) is 0 Å². The van der Waals surface area contributed by atoms with Crippen LogP contribution >= 0.6 is 11.6 Å². The molecule has 0 bridgehead atoms. The van der Waals surface area contributed by atoms with Crippen LogP contribution in [0.1, 0.15) is 0 Å². The number of fused-ring (bicyclic) bond motifs is 1. The molecule has 0 atom stereocenters. The summed E-state index contributed by atoms with van der Waals surface area (Å²) in [6.07, 6.45) is 0. The Labute approximate surface area is 157 Å². The van der Waals surface area contributed by atoms with Gasteiger partial charge in [0.25, 0.3) is 0 Å². The Kier molecular flexibility index (Phi) is 4.46. The van der Waals surface area contributed by atoms with Crippen LogP contribution in [0.15, 0.2) is 78.9 Å². The van der Waals surface area contributed by atoms with Crippen LogP contribution in [0.5, 0.6) is 5.75 Å². The Morgan fingerprint density at radius 1 is 0.885 bits per heavy atom. The molecule has 0 aliphatic carbocycles. The minimum atomic E-state index is 0.701. The molecular formula is C22H17ClN2O. The van der Waals surface area contributed by atoms with Gasteiger partial charge in [0, 0.05) is 16.1 Å². The monoisotopic (exact) mass is 360 g/mol. The molecular weight excluding hydrogens is 344 g/mol. The highest BCUT2D eigenvalue weighted by Gasteiger charge is 2.09. The van der Waals surface area contributed by atoms with Gasteiger partial charge < -0.3 is 10.1 Å². The average molecular weight is 361 g/mol. The van der Waals surface area contributed by atoms with Gasteiger partial charge >= 0.3 is 0 Å². The number of methoxy groups -OCH3 is 1. The summed E-state index contributed by atoms with van der Waals surface area (Å²) in [6, 6.07) is 25.8. The Bertz CT molecular complexity index is 1050. The lowest BCUT2D eigenvalue weighted by Crippen LogP contribution is -1.96. The van der Waals surface area contributed by atoms with Crippen molar-refractivity contribution in [2.24, 2.45) is 0 Å². The fraction of sp³-hybridized carbons (Fsp3) is 0.0455. The van der Waals surface area contributed by atoms with Gasteiger partial charge in [0.2, 0.25) is 0 Å². The molecule has 0 aliphatic rings. The number of hydrogen-bond acceptors (Lipinski definition) is 3. The van der Waals surface area contributed by atoms with Gasteiger partial charge in [-0.1, -0.05) is 41.9 Å². The maximum atomic E-state index is 6.22. The fourth-order valence-corrected chi connectivity index (χ4v) is 3.11. The zero-order chi connectivity index (χ0) is 17.9. The molecule has 0 amide bonds. The quantitative estimate of drug-likeness (QED) is 0.463. The molecule has 0 radical (unpaired) electrons. The van der Waals surface area contributed by atoms with Gasteiger partial charge in [-0.2, -0.15) is 0 Å². The van der Waals surface area contributed by atoms with Crippen molar-refractivity contribution in [3.63, 3.8) is 0 Å². The summed E-state index contributed by atoms with van der Waals surface area (Å²) in [5, 5.41) is 5.11. The first kappa shape index (κ1) is 16.4. The molecule has 0 unspecified atom stereocenters. The van der Waals surface area contributed by atoms with E-state index in [9.17, 15) is 0 Å². The lowest BCUT2D eigenvalue weighted by atomic mass is 10.0. The van der Waals surface area contributed by atoms with Crippen molar-refractivity contribution < 1.29 is 4.74 Å². The van der Waals surface area contributed by atoms with E-state index in [1.54, 1.807) is 7.11 Å². The molecule has 3 nitrogen and oxygen atoms in total. The summed E-state index contributed by atoms with van der Waals surface area (Å²) in [5.74, 6) is 1.60. The van der Waals surface area contributed by atoms with E-state index in [2.05, 4.69) is 23.5 Å². The summed E-state index contributed by atoms with van der Waals surface area (Å²) in [7, 11) is 1.66. The third-order valence-electron chi connectivity index (χ3n) is 4.22. The molecule has 0 fully saturated rings. The number of anilines is 2. The standard InChI is InChI=1S/C22H17ClN2O/c1-26-18-10-8-17(9-11-18)24-22-14-19(15-5-3-2-4-6-15)20-13-16(23)7-12-21(20)25-22/h2-14H,1H3,(H,24,25). The minimum Gasteiger partial charge on any atom is -0.497 e. The van der Waals surface area contributed by atoms with Crippen LogP contribution in [0, 0.1) is 0 Å². The van der Waals surface area contributed by atoms with Crippen molar-refractivity contribution in [3.05, 3.63) is 83.9 Å².